The quantitative estimate of drug-likeness (QED) is 0.783. The van der Waals surface area contributed by atoms with Gasteiger partial charge >= 0.3 is 0 Å². The second kappa shape index (κ2) is 5.85. The van der Waals surface area contributed by atoms with Crippen molar-refractivity contribution in [1.29, 1.82) is 0 Å². The Hall–Kier alpha value is -1.53. The Morgan fingerprint density at radius 1 is 1.30 bits per heavy atom. The minimum atomic E-state index is 0.0585. The smallest absolute Gasteiger partial charge is 0.255 e. The van der Waals surface area contributed by atoms with Crippen molar-refractivity contribution in [2.75, 3.05) is 32.8 Å². The standard InChI is InChI=1S/C14H20N4O2/c1-11-13(17-6-8-20-9-7-17)3-5-18(11)14(19)12-2-4-15-16-10-12/h2,4,10-11,13H,3,5-9H2,1H3/t11-,13-/m1/s1. The normalized spacial score (nSPS) is 27.8. The maximum absolute atomic E-state index is 12.5. The molecule has 2 fully saturated rings. The summed E-state index contributed by atoms with van der Waals surface area (Å²) in [6.45, 7) is 6.47. The highest BCUT2D eigenvalue weighted by atomic mass is 16.5. The van der Waals surface area contributed by atoms with E-state index >= 15 is 0 Å². The summed E-state index contributed by atoms with van der Waals surface area (Å²) in [6.07, 6.45) is 4.13. The van der Waals surface area contributed by atoms with Crippen molar-refractivity contribution in [3.8, 4) is 0 Å². The van der Waals surface area contributed by atoms with Crippen molar-refractivity contribution >= 4 is 5.91 Å². The lowest BCUT2D eigenvalue weighted by molar-refractivity contribution is 0.0104. The van der Waals surface area contributed by atoms with Crippen molar-refractivity contribution in [2.45, 2.75) is 25.4 Å². The lowest BCUT2D eigenvalue weighted by atomic mass is 10.1. The van der Waals surface area contributed by atoms with Gasteiger partial charge in [-0.1, -0.05) is 0 Å². The molecule has 0 saturated carbocycles. The Morgan fingerprint density at radius 3 is 2.80 bits per heavy atom. The average Bonchev–Trinajstić information content (AvgIpc) is 2.90. The maximum atomic E-state index is 12.5. The minimum Gasteiger partial charge on any atom is -0.379 e. The molecule has 0 bridgehead atoms. The molecule has 3 rings (SSSR count). The van der Waals surface area contributed by atoms with E-state index in [4.69, 9.17) is 4.74 Å². The van der Waals surface area contributed by atoms with E-state index in [2.05, 4.69) is 22.0 Å². The molecular weight excluding hydrogens is 256 g/mol. The summed E-state index contributed by atoms with van der Waals surface area (Å²) >= 11 is 0. The number of carbonyl (C=O) groups excluding carboxylic acids is 1. The van der Waals surface area contributed by atoms with Gasteiger partial charge in [-0.15, -0.1) is 0 Å². The molecule has 6 heteroatoms. The van der Waals surface area contributed by atoms with Crippen LogP contribution in [0.5, 0.6) is 0 Å². The summed E-state index contributed by atoms with van der Waals surface area (Å²) in [7, 11) is 0. The molecule has 2 aliphatic rings. The Balaban J connectivity index is 1.69. The maximum Gasteiger partial charge on any atom is 0.255 e. The topological polar surface area (TPSA) is 58.6 Å². The third-order valence-electron chi connectivity index (χ3n) is 4.32. The molecule has 2 atom stereocenters. The first kappa shape index (κ1) is 13.5. The Morgan fingerprint density at radius 2 is 2.10 bits per heavy atom. The fourth-order valence-electron chi connectivity index (χ4n) is 3.19. The zero-order valence-corrected chi connectivity index (χ0v) is 11.7. The molecule has 2 saturated heterocycles. The van der Waals surface area contributed by atoms with Crippen molar-refractivity contribution in [1.82, 2.24) is 20.0 Å². The lowest BCUT2D eigenvalue weighted by Crippen LogP contribution is -2.49. The molecule has 20 heavy (non-hydrogen) atoms. The molecule has 2 aliphatic heterocycles. The second-order valence-corrected chi connectivity index (χ2v) is 5.37. The van der Waals surface area contributed by atoms with Gasteiger partial charge in [-0.05, 0) is 19.4 Å². The number of nitrogens with zero attached hydrogens (tertiary/aromatic N) is 4. The van der Waals surface area contributed by atoms with Gasteiger partial charge in [0.2, 0.25) is 0 Å². The summed E-state index contributed by atoms with van der Waals surface area (Å²) in [6, 6.07) is 2.40. The Labute approximate surface area is 118 Å². The van der Waals surface area contributed by atoms with Crippen LogP contribution in [0.3, 0.4) is 0 Å². The minimum absolute atomic E-state index is 0.0585. The Kier molecular flexibility index (Phi) is 3.93. The summed E-state index contributed by atoms with van der Waals surface area (Å²) in [5.41, 5.74) is 0.620. The van der Waals surface area contributed by atoms with Gasteiger partial charge in [0.1, 0.15) is 0 Å². The third-order valence-corrected chi connectivity index (χ3v) is 4.32. The van der Waals surface area contributed by atoms with Gasteiger partial charge in [-0.2, -0.15) is 10.2 Å². The molecule has 0 radical (unpaired) electrons. The lowest BCUT2D eigenvalue weighted by Gasteiger charge is -2.35. The van der Waals surface area contributed by atoms with Crippen LogP contribution < -0.4 is 0 Å². The largest absolute Gasteiger partial charge is 0.379 e. The van der Waals surface area contributed by atoms with E-state index in [9.17, 15) is 4.79 Å². The van der Waals surface area contributed by atoms with Crippen LogP contribution in [0.2, 0.25) is 0 Å². The van der Waals surface area contributed by atoms with E-state index in [1.54, 1.807) is 12.3 Å². The summed E-state index contributed by atoms with van der Waals surface area (Å²) in [5, 5.41) is 7.51. The number of ether oxygens (including phenoxy) is 1. The number of morpholine rings is 1. The first-order valence-electron chi connectivity index (χ1n) is 7.17. The van der Waals surface area contributed by atoms with Crippen LogP contribution in [0.15, 0.2) is 18.5 Å². The van der Waals surface area contributed by atoms with Gasteiger partial charge in [0.05, 0.1) is 31.2 Å². The molecule has 0 spiro atoms. The molecule has 0 N–H and O–H groups in total. The van der Waals surface area contributed by atoms with E-state index in [-0.39, 0.29) is 11.9 Å². The van der Waals surface area contributed by atoms with Gasteiger partial charge in [-0.3, -0.25) is 9.69 Å². The predicted molar refractivity (Wildman–Crippen MR) is 73.3 cm³/mol. The number of rotatable bonds is 2. The molecule has 108 valence electrons. The molecule has 0 aliphatic carbocycles. The fraction of sp³-hybridized carbons (Fsp3) is 0.643. The van der Waals surface area contributed by atoms with E-state index < -0.39 is 0 Å². The van der Waals surface area contributed by atoms with Crippen LogP contribution in [0.1, 0.15) is 23.7 Å². The zero-order chi connectivity index (χ0) is 13.9. The number of aromatic nitrogens is 2. The zero-order valence-electron chi connectivity index (χ0n) is 11.7. The number of carbonyl (C=O) groups is 1. The fourth-order valence-corrected chi connectivity index (χ4v) is 3.19. The monoisotopic (exact) mass is 276 g/mol. The van der Waals surface area contributed by atoms with Crippen LogP contribution in [0.4, 0.5) is 0 Å². The van der Waals surface area contributed by atoms with E-state index in [0.29, 0.717) is 11.6 Å². The number of amides is 1. The Bertz CT molecular complexity index is 462. The number of likely N-dealkylation sites (tertiary alicyclic amines) is 1. The van der Waals surface area contributed by atoms with Gasteiger partial charge in [0, 0.05) is 31.7 Å². The molecule has 0 unspecified atom stereocenters. The number of hydrogen-bond donors (Lipinski definition) is 0. The van der Waals surface area contributed by atoms with Crippen LogP contribution in [-0.2, 0) is 4.74 Å². The highest BCUT2D eigenvalue weighted by Crippen LogP contribution is 2.25. The summed E-state index contributed by atoms with van der Waals surface area (Å²) < 4.78 is 5.40. The van der Waals surface area contributed by atoms with Gasteiger partial charge < -0.3 is 9.64 Å². The number of hydrogen-bond acceptors (Lipinski definition) is 5. The molecule has 1 amide bonds. The van der Waals surface area contributed by atoms with Gasteiger partial charge in [-0.25, -0.2) is 0 Å². The molecular formula is C14H20N4O2. The van der Waals surface area contributed by atoms with Gasteiger partial charge in [0.25, 0.3) is 5.91 Å². The van der Waals surface area contributed by atoms with Crippen molar-refractivity contribution < 1.29 is 9.53 Å². The van der Waals surface area contributed by atoms with E-state index in [1.165, 1.54) is 6.20 Å². The van der Waals surface area contributed by atoms with Gasteiger partial charge in [0.15, 0.2) is 0 Å². The highest BCUT2D eigenvalue weighted by molar-refractivity contribution is 5.94. The summed E-state index contributed by atoms with van der Waals surface area (Å²) in [5.74, 6) is 0.0585. The average molecular weight is 276 g/mol. The first-order valence-corrected chi connectivity index (χ1v) is 7.17. The second-order valence-electron chi connectivity index (χ2n) is 5.37. The van der Waals surface area contributed by atoms with Crippen molar-refractivity contribution in [3.05, 3.63) is 24.0 Å². The van der Waals surface area contributed by atoms with Crippen molar-refractivity contribution in [2.24, 2.45) is 0 Å². The molecule has 1 aromatic heterocycles. The molecule has 3 heterocycles. The highest BCUT2D eigenvalue weighted by Gasteiger charge is 2.37. The van der Waals surface area contributed by atoms with E-state index in [0.717, 1.165) is 39.3 Å². The van der Waals surface area contributed by atoms with Crippen LogP contribution >= 0.6 is 0 Å². The van der Waals surface area contributed by atoms with Crippen LogP contribution in [0.25, 0.3) is 0 Å². The predicted octanol–water partition coefficient (Wildman–Crippen LogP) is 0.412. The van der Waals surface area contributed by atoms with Crippen LogP contribution in [-0.4, -0.2) is 70.8 Å². The first-order chi connectivity index (χ1) is 9.77. The SMILES string of the molecule is C[C@@H]1[C@H](N2CCOCC2)CCN1C(=O)c1ccnnc1. The van der Waals surface area contributed by atoms with E-state index in [1.807, 2.05) is 4.90 Å². The molecule has 0 aromatic carbocycles. The third kappa shape index (κ3) is 2.53. The van der Waals surface area contributed by atoms with Crippen LogP contribution in [0, 0.1) is 0 Å². The molecule has 6 nitrogen and oxygen atoms in total. The van der Waals surface area contributed by atoms with Crippen molar-refractivity contribution in [3.63, 3.8) is 0 Å². The molecule has 1 aromatic rings. The summed E-state index contributed by atoms with van der Waals surface area (Å²) in [4.78, 5) is 16.9.